The van der Waals surface area contributed by atoms with Crippen molar-refractivity contribution in [2.45, 2.75) is 0 Å². The number of nitrogens with zero attached hydrogens (tertiary/aromatic N) is 4. The predicted octanol–water partition coefficient (Wildman–Crippen LogP) is 2.60. The number of aryl methyl sites for hydroxylation is 1. The van der Waals surface area contributed by atoms with Crippen LogP contribution in [0.1, 0.15) is 0 Å². The summed E-state index contributed by atoms with van der Waals surface area (Å²) in [6.45, 7) is -2.08. The highest BCUT2D eigenvalue weighted by atomic mass is 31.2. The van der Waals surface area contributed by atoms with E-state index in [0.29, 0.717) is 0 Å². The fraction of sp³-hybridized carbons (Fsp3) is 0.0476. The van der Waals surface area contributed by atoms with Crippen molar-refractivity contribution in [2.75, 3.05) is 0 Å². The molecule has 0 atom stereocenters. The molecule has 0 spiro atoms. The van der Waals surface area contributed by atoms with Crippen LogP contribution in [0, 0.1) is 0 Å². The molecule has 4 rings (SSSR count). The zero-order chi connectivity index (χ0) is 18.0. The molecular weight excluding hydrogens is 339 g/mol. The van der Waals surface area contributed by atoms with Gasteiger partial charge in [-0.05, 0) is 33.2 Å². The van der Waals surface area contributed by atoms with Gasteiger partial charge in [0.05, 0.1) is 0 Å². The molecule has 0 amide bonds. The standard InChI is InChI=1S/C21H19N4P/c1-25-21(22-23-24-25)19-15-9-10-16-20(19)26(2,17-11-5-3-6-12-17)18-13-7-4-8-14-18/h3-16H,2H2,1H3. The van der Waals surface area contributed by atoms with E-state index in [1.807, 2.05) is 25.2 Å². The van der Waals surface area contributed by atoms with Gasteiger partial charge in [0.15, 0.2) is 5.82 Å². The van der Waals surface area contributed by atoms with Gasteiger partial charge in [-0.3, -0.25) is 0 Å². The second-order valence-electron chi connectivity index (χ2n) is 6.12. The molecule has 0 radical (unpaired) electrons. The molecule has 0 bridgehead atoms. The molecule has 128 valence electrons. The van der Waals surface area contributed by atoms with E-state index in [1.165, 1.54) is 15.9 Å². The van der Waals surface area contributed by atoms with Gasteiger partial charge < -0.3 is 0 Å². The highest BCUT2D eigenvalue weighted by Gasteiger charge is 2.26. The van der Waals surface area contributed by atoms with Crippen LogP contribution < -0.4 is 15.9 Å². The van der Waals surface area contributed by atoms with E-state index in [9.17, 15) is 0 Å². The van der Waals surface area contributed by atoms with Crippen LogP contribution in [0.15, 0.2) is 84.9 Å². The smallest absolute Gasteiger partial charge is 0.182 e. The zero-order valence-corrected chi connectivity index (χ0v) is 15.4. The van der Waals surface area contributed by atoms with Gasteiger partial charge in [0.1, 0.15) is 0 Å². The molecule has 5 heteroatoms. The van der Waals surface area contributed by atoms with Gasteiger partial charge in [0, 0.05) is 12.6 Å². The van der Waals surface area contributed by atoms with Gasteiger partial charge in [-0.1, -0.05) is 91.2 Å². The summed E-state index contributed by atoms with van der Waals surface area (Å²) in [5, 5.41) is 15.7. The topological polar surface area (TPSA) is 43.6 Å². The van der Waals surface area contributed by atoms with Crippen molar-refractivity contribution < 1.29 is 0 Å². The molecule has 4 aromatic rings. The monoisotopic (exact) mass is 358 g/mol. The summed E-state index contributed by atoms with van der Waals surface area (Å²) < 4.78 is 1.71. The molecule has 0 aliphatic carbocycles. The second kappa shape index (κ2) is 6.74. The molecular formula is C21H19N4P. The third kappa shape index (κ3) is 2.69. The normalized spacial score (nSPS) is 11.4. The third-order valence-electron chi connectivity index (χ3n) is 4.57. The lowest BCUT2D eigenvalue weighted by Gasteiger charge is -2.28. The lowest BCUT2D eigenvalue weighted by Crippen LogP contribution is -2.27. The van der Waals surface area contributed by atoms with Crippen molar-refractivity contribution in [3.05, 3.63) is 84.9 Å². The van der Waals surface area contributed by atoms with Gasteiger partial charge >= 0.3 is 0 Å². The third-order valence-corrected chi connectivity index (χ3v) is 8.14. The first-order chi connectivity index (χ1) is 12.7. The van der Waals surface area contributed by atoms with E-state index in [0.717, 1.165) is 11.4 Å². The molecule has 0 saturated heterocycles. The summed E-state index contributed by atoms with van der Waals surface area (Å²) in [7, 11) is 1.86. The molecule has 0 N–H and O–H groups in total. The maximum Gasteiger partial charge on any atom is 0.182 e. The molecule has 0 aliphatic rings. The number of hydrogen-bond donors (Lipinski definition) is 0. The Labute approximate surface area is 153 Å². The van der Waals surface area contributed by atoms with Crippen LogP contribution >= 0.6 is 6.89 Å². The van der Waals surface area contributed by atoms with Crippen molar-refractivity contribution in [1.29, 1.82) is 0 Å². The van der Waals surface area contributed by atoms with E-state index in [1.54, 1.807) is 4.68 Å². The van der Waals surface area contributed by atoms with Crippen LogP contribution in [0.5, 0.6) is 0 Å². The fourth-order valence-corrected chi connectivity index (χ4v) is 6.39. The molecule has 0 unspecified atom stereocenters. The molecule has 0 fully saturated rings. The van der Waals surface area contributed by atoms with Crippen molar-refractivity contribution in [3.63, 3.8) is 0 Å². The maximum absolute atomic E-state index is 4.81. The van der Waals surface area contributed by atoms with Crippen LogP contribution in [0.25, 0.3) is 11.4 Å². The SMILES string of the molecule is C=P(c1ccccc1)(c1ccccc1)c1ccccc1-c1nnnn1C. The Kier molecular flexibility index (Phi) is 4.27. The summed E-state index contributed by atoms with van der Waals surface area (Å²) in [5.74, 6) is 0.750. The van der Waals surface area contributed by atoms with E-state index < -0.39 is 6.89 Å². The van der Waals surface area contributed by atoms with Crippen LogP contribution in [-0.2, 0) is 7.05 Å². The zero-order valence-electron chi connectivity index (χ0n) is 14.5. The Morgan fingerprint density at radius 3 is 1.85 bits per heavy atom. The molecule has 0 aliphatic heterocycles. The Bertz CT molecular complexity index is 1030. The molecule has 0 saturated carbocycles. The maximum atomic E-state index is 4.81. The fourth-order valence-electron chi connectivity index (χ4n) is 3.25. The van der Waals surface area contributed by atoms with Crippen LogP contribution in [-0.4, -0.2) is 26.5 Å². The number of hydrogen-bond acceptors (Lipinski definition) is 3. The lowest BCUT2D eigenvalue weighted by atomic mass is 10.2. The number of benzene rings is 3. The van der Waals surface area contributed by atoms with Crippen molar-refractivity contribution in [3.8, 4) is 11.4 Å². The molecule has 3 aromatic carbocycles. The largest absolute Gasteiger partial charge is 0.229 e. The Morgan fingerprint density at radius 1 is 0.769 bits per heavy atom. The molecule has 1 aromatic heterocycles. The Hall–Kier alpha value is -2.97. The van der Waals surface area contributed by atoms with Crippen LogP contribution in [0.4, 0.5) is 0 Å². The summed E-state index contributed by atoms with van der Waals surface area (Å²) >= 11 is 0. The van der Waals surface area contributed by atoms with E-state index in [4.69, 9.17) is 6.30 Å². The average molecular weight is 358 g/mol. The number of tetrazole rings is 1. The Balaban J connectivity index is 2.04. The van der Waals surface area contributed by atoms with Crippen LogP contribution in [0.3, 0.4) is 0 Å². The van der Waals surface area contributed by atoms with Gasteiger partial charge in [-0.25, -0.2) is 4.68 Å². The van der Waals surface area contributed by atoms with Gasteiger partial charge in [-0.15, -0.1) is 5.10 Å². The first-order valence-electron chi connectivity index (χ1n) is 8.38. The summed E-state index contributed by atoms with van der Waals surface area (Å²) in [6.07, 6.45) is 4.81. The van der Waals surface area contributed by atoms with Crippen molar-refractivity contribution >= 4 is 29.1 Å². The number of rotatable bonds is 4. The van der Waals surface area contributed by atoms with Crippen molar-refractivity contribution in [1.82, 2.24) is 20.2 Å². The quantitative estimate of drug-likeness (QED) is 0.527. The first-order valence-corrected chi connectivity index (χ1v) is 10.4. The summed E-state index contributed by atoms with van der Waals surface area (Å²) in [6, 6.07) is 29.4. The molecule has 1 heterocycles. The van der Waals surface area contributed by atoms with E-state index in [2.05, 4.69) is 82.3 Å². The summed E-state index contributed by atoms with van der Waals surface area (Å²) in [5.41, 5.74) is 1.02. The predicted molar refractivity (Wildman–Crippen MR) is 110 cm³/mol. The average Bonchev–Trinajstić information content (AvgIpc) is 3.14. The van der Waals surface area contributed by atoms with Crippen molar-refractivity contribution in [2.24, 2.45) is 7.05 Å². The molecule has 26 heavy (non-hydrogen) atoms. The van der Waals surface area contributed by atoms with E-state index in [-0.39, 0.29) is 0 Å². The highest BCUT2D eigenvalue weighted by molar-refractivity contribution is 7.93. The molecule has 4 nitrogen and oxygen atoms in total. The van der Waals surface area contributed by atoms with Gasteiger partial charge in [0.25, 0.3) is 0 Å². The lowest BCUT2D eigenvalue weighted by molar-refractivity contribution is 0.715. The number of aromatic nitrogens is 4. The van der Waals surface area contributed by atoms with Gasteiger partial charge in [0.2, 0.25) is 0 Å². The highest BCUT2D eigenvalue weighted by Crippen LogP contribution is 2.44. The minimum atomic E-state index is -2.08. The minimum absolute atomic E-state index is 0.750. The van der Waals surface area contributed by atoms with Gasteiger partial charge in [-0.2, -0.15) is 0 Å². The Morgan fingerprint density at radius 2 is 1.31 bits per heavy atom. The minimum Gasteiger partial charge on any atom is -0.229 e. The van der Waals surface area contributed by atoms with Crippen LogP contribution in [0.2, 0.25) is 0 Å². The first kappa shape index (κ1) is 16.5. The summed E-state index contributed by atoms with van der Waals surface area (Å²) in [4.78, 5) is 0. The van der Waals surface area contributed by atoms with E-state index >= 15 is 0 Å². The second-order valence-corrected chi connectivity index (χ2v) is 9.26.